The highest BCUT2D eigenvalue weighted by molar-refractivity contribution is 7.89. The molecule has 0 atom stereocenters. The molecule has 1 saturated heterocycles. The number of anilines is 1. The Kier molecular flexibility index (Phi) is 8.44. The number of hydrogen-bond acceptors (Lipinski definition) is 6. The SMILES string of the molecule is CCOc1ccc(S(=O)(=O)N2CCCCC2)cc1NC(=O)CN(C)Cc1ccc(C#N)cc1. The predicted molar refractivity (Wildman–Crippen MR) is 126 cm³/mol. The first-order valence-corrected chi connectivity index (χ1v) is 12.5. The van der Waals surface area contributed by atoms with Crippen LogP contribution in [0.1, 0.15) is 37.3 Å². The van der Waals surface area contributed by atoms with E-state index in [0.29, 0.717) is 43.2 Å². The van der Waals surface area contributed by atoms with Gasteiger partial charge < -0.3 is 10.1 Å². The molecular formula is C24H30N4O4S. The van der Waals surface area contributed by atoms with Gasteiger partial charge in [-0.1, -0.05) is 18.6 Å². The molecule has 0 spiro atoms. The fourth-order valence-electron chi connectivity index (χ4n) is 3.79. The van der Waals surface area contributed by atoms with Gasteiger partial charge in [0.25, 0.3) is 0 Å². The third kappa shape index (κ3) is 6.54. The van der Waals surface area contributed by atoms with Gasteiger partial charge >= 0.3 is 0 Å². The lowest BCUT2D eigenvalue weighted by Gasteiger charge is -2.26. The highest BCUT2D eigenvalue weighted by Crippen LogP contribution is 2.30. The lowest BCUT2D eigenvalue weighted by atomic mass is 10.1. The van der Waals surface area contributed by atoms with E-state index in [1.807, 2.05) is 31.0 Å². The molecule has 1 N–H and O–H groups in total. The molecule has 1 heterocycles. The second-order valence-corrected chi connectivity index (χ2v) is 10.0. The average Bonchev–Trinajstić information content (AvgIpc) is 2.81. The van der Waals surface area contributed by atoms with E-state index in [1.165, 1.54) is 16.4 Å². The molecule has 2 aromatic rings. The van der Waals surface area contributed by atoms with Crippen molar-refractivity contribution in [2.24, 2.45) is 0 Å². The Labute approximate surface area is 195 Å². The van der Waals surface area contributed by atoms with E-state index in [-0.39, 0.29) is 17.3 Å². The van der Waals surface area contributed by atoms with Crippen molar-refractivity contribution in [2.45, 2.75) is 37.6 Å². The Morgan fingerprint density at radius 1 is 1.15 bits per heavy atom. The Morgan fingerprint density at radius 3 is 2.48 bits per heavy atom. The molecule has 0 unspecified atom stereocenters. The zero-order valence-electron chi connectivity index (χ0n) is 19.1. The number of sulfonamides is 1. The van der Waals surface area contributed by atoms with Crippen LogP contribution in [0.3, 0.4) is 0 Å². The normalized spacial score (nSPS) is 14.6. The maximum absolute atomic E-state index is 13.1. The van der Waals surface area contributed by atoms with E-state index in [0.717, 1.165) is 24.8 Å². The van der Waals surface area contributed by atoms with Gasteiger partial charge in [-0.25, -0.2) is 8.42 Å². The first-order chi connectivity index (χ1) is 15.8. The Bertz CT molecular complexity index is 1100. The molecule has 1 aliphatic heterocycles. The van der Waals surface area contributed by atoms with Crippen LogP contribution in [0.4, 0.5) is 5.69 Å². The summed E-state index contributed by atoms with van der Waals surface area (Å²) < 4.78 is 33.2. The van der Waals surface area contributed by atoms with Crippen molar-refractivity contribution in [3.8, 4) is 11.8 Å². The molecule has 1 amide bonds. The fraction of sp³-hybridized carbons (Fsp3) is 0.417. The van der Waals surface area contributed by atoms with Gasteiger partial charge in [-0.15, -0.1) is 0 Å². The smallest absolute Gasteiger partial charge is 0.243 e. The summed E-state index contributed by atoms with van der Waals surface area (Å²) in [5.41, 5.74) is 1.91. The molecule has 9 heteroatoms. The second kappa shape index (κ2) is 11.3. The minimum absolute atomic E-state index is 0.106. The summed E-state index contributed by atoms with van der Waals surface area (Å²) in [5.74, 6) is 0.151. The molecule has 0 radical (unpaired) electrons. The van der Waals surface area contributed by atoms with E-state index in [4.69, 9.17) is 10.00 Å². The Morgan fingerprint density at radius 2 is 1.85 bits per heavy atom. The van der Waals surface area contributed by atoms with Crippen LogP contribution in [0, 0.1) is 11.3 Å². The third-order valence-electron chi connectivity index (χ3n) is 5.43. The van der Waals surface area contributed by atoms with Crippen LogP contribution in [0.2, 0.25) is 0 Å². The van der Waals surface area contributed by atoms with Crippen LogP contribution in [0.5, 0.6) is 5.75 Å². The molecule has 8 nitrogen and oxygen atoms in total. The summed E-state index contributed by atoms with van der Waals surface area (Å²) in [5, 5.41) is 11.7. The Hall–Kier alpha value is -2.93. The number of nitrogens with zero attached hydrogens (tertiary/aromatic N) is 3. The van der Waals surface area contributed by atoms with Crippen LogP contribution in [0.25, 0.3) is 0 Å². The summed E-state index contributed by atoms with van der Waals surface area (Å²) >= 11 is 0. The Balaban J connectivity index is 1.71. The number of carbonyl (C=O) groups excluding carboxylic acids is 1. The second-order valence-electron chi connectivity index (χ2n) is 8.08. The first kappa shape index (κ1) is 24.7. The molecule has 0 bridgehead atoms. The number of likely N-dealkylation sites (N-methyl/N-ethyl adjacent to an activating group) is 1. The summed E-state index contributed by atoms with van der Waals surface area (Å²) in [6.45, 7) is 3.87. The van der Waals surface area contributed by atoms with Crippen molar-refractivity contribution in [2.75, 3.05) is 38.6 Å². The van der Waals surface area contributed by atoms with E-state index < -0.39 is 10.0 Å². The van der Waals surface area contributed by atoms with Crippen molar-refractivity contribution < 1.29 is 17.9 Å². The average molecular weight is 471 g/mol. The lowest BCUT2D eigenvalue weighted by Crippen LogP contribution is -2.35. The molecule has 1 fully saturated rings. The van der Waals surface area contributed by atoms with Crippen molar-refractivity contribution in [1.82, 2.24) is 9.21 Å². The molecule has 2 aromatic carbocycles. The van der Waals surface area contributed by atoms with Gasteiger partial charge in [0.2, 0.25) is 15.9 Å². The van der Waals surface area contributed by atoms with Crippen molar-refractivity contribution in [3.63, 3.8) is 0 Å². The number of rotatable bonds is 9. The summed E-state index contributed by atoms with van der Waals surface area (Å²) in [6.07, 6.45) is 2.74. The molecule has 0 saturated carbocycles. The highest BCUT2D eigenvalue weighted by atomic mass is 32.2. The number of carbonyl (C=O) groups is 1. The summed E-state index contributed by atoms with van der Waals surface area (Å²) in [6, 6.07) is 13.9. The summed E-state index contributed by atoms with van der Waals surface area (Å²) in [4.78, 5) is 14.7. The third-order valence-corrected chi connectivity index (χ3v) is 7.32. The van der Waals surface area contributed by atoms with E-state index in [9.17, 15) is 13.2 Å². The number of nitrogens with one attached hydrogen (secondary N) is 1. The fourth-order valence-corrected chi connectivity index (χ4v) is 5.33. The molecule has 1 aliphatic rings. The van der Waals surface area contributed by atoms with Gasteiger partial charge in [0, 0.05) is 19.6 Å². The maximum Gasteiger partial charge on any atom is 0.243 e. The number of ether oxygens (including phenoxy) is 1. The maximum atomic E-state index is 13.1. The molecule has 3 rings (SSSR count). The minimum atomic E-state index is -3.63. The minimum Gasteiger partial charge on any atom is -0.492 e. The van der Waals surface area contributed by atoms with Crippen LogP contribution < -0.4 is 10.1 Å². The zero-order valence-corrected chi connectivity index (χ0v) is 19.9. The van der Waals surface area contributed by atoms with Gasteiger partial charge in [0.15, 0.2) is 0 Å². The van der Waals surface area contributed by atoms with E-state index in [1.54, 1.807) is 18.2 Å². The van der Waals surface area contributed by atoms with Crippen molar-refractivity contribution in [3.05, 3.63) is 53.6 Å². The number of amides is 1. The van der Waals surface area contributed by atoms with Crippen LogP contribution in [-0.2, 0) is 21.4 Å². The monoisotopic (exact) mass is 470 g/mol. The van der Waals surface area contributed by atoms with E-state index >= 15 is 0 Å². The van der Waals surface area contributed by atoms with Gasteiger partial charge in [-0.05, 0) is 62.7 Å². The van der Waals surface area contributed by atoms with Crippen molar-refractivity contribution in [1.29, 1.82) is 5.26 Å². The molecule has 33 heavy (non-hydrogen) atoms. The van der Waals surface area contributed by atoms with Crippen LogP contribution >= 0.6 is 0 Å². The van der Waals surface area contributed by atoms with Gasteiger partial charge in [-0.3, -0.25) is 9.69 Å². The van der Waals surface area contributed by atoms with Crippen LogP contribution in [0.15, 0.2) is 47.4 Å². The quantitative estimate of drug-likeness (QED) is 0.604. The highest BCUT2D eigenvalue weighted by Gasteiger charge is 2.27. The predicted octanol–water partition coefficient (Wildman–Crippen LogP) is 3.20. The number of piperidine rings is 1. The largest absolute Gasteiger partial charge is 0.492 e. The lowest BCUT2D eigenvalue weighted by molar-refractivity contribution is -0.117. The number of nitriles is 1. The summed E-state index contributed by atoms with van der Waals surface area (Å²) in [7, 11) is -1.81. The number of hydrogen-bond donors (Lipinski definition) is 1. The molecule has 0 aliphatic carbocycles. The van der Waals surface area contributed by atoms with Gasteiger partial charge in [0.1, 0.15) is 5.75 Å². The van der Waals surface area contributed by atoms with Crippen molar-refractivity contribution >= 4 is 21.6 Å². The topological polar surface area (TPSA) is 103 Å². The standard InChI is InChI=1S/C24H30N4O4S/c1-3-32-23-12-11-21(33(30,31)28-13-5-4-6-14-28)15-22(23)26-24(29)18-27(2)17-20-9-7-19(16-25)8-10-20/h7-12,15H,3-6,13-14,17-18H2,1-2H3,(H,26,29). The first-order valence-electron chi connectivity index (χ1n) is 11.1. The molecular weight excluding hydrogens is 440 g/mol. The van der Waals surface area contributed by atoms with E-state index in [2.05, 4.69) is 11.4 Å². The van der Waals surface area contributed by atoms with Gasteiger partial charge in [0.05, 0.1) is 35.4 Å². The van der Waals surface area contributed by atoms with Crippen LogP contribution in [-0.4, -0.2) is 56.8 Å². The molecule has 176 valence electrons. The van der Waals surface area contributed by atoms with Gasteiger partial charge in [-0.2, -0.15) is 9.57 Å². The number of benzene rings is 2. The zero-order chi connectivity index (χ0) is 23.8. The molecule has 0 aromatic heterocycles.